The smallest absolute Gasteiger partial charge is 0.462 e. The molecule has 3 atom stereocenters. The summed E-state index contributed by atoms with van der Waals surface area (Å²) in [6.07, 6.45) is 62.8. The maximum Gasteiger partial charge on any atom is 0.472 e. The minimum atomic E-state index is -4.76. The molecule has 0 bridgehead atoms. The van der Waals surface area contributed by atoms with Crippen molar-refractivity contribution in [1.82, 2.24) is 0 Å². The summed E-state index contributed by atoms with van der Waals surface area (Å²) in [4.78, 5) is 48.6. The molecule has 3 unspecified atom stereocenters. The van der Waals surface area contributed by atoms with Crippen LogP contribution >= 0.6 is 7.82 Å². The third-order valence-electron chi connectivity index (χ3n) is 12.6. The molecular formula is C62H109O11P. The van der Waals surface area contributed by atoms with Crippen LogP contribution < -0.4 is 0 Å². The molecule has 0 aromatic rings. The Labute approximate surface area is 452 Å². The number of carbonyl (C=O) groups is 3. The fraction of sp³-hybridized carbons (Fsp3) is 0.758. The molecule has 12 heteroatoms. The summed E-state index contributed by atoms with van der Waals surface area (Å²) < 4.78 is 39.5. The van der Waals surface area contributed by atoms with E-state index in [9.17, 15) is 28.9 Å². The molecule has 0 aliphatic rings. The quantitative estimate of drug-likeness (QED) is 0.0197. The number of phosphoric ester groups is 1. The standard InChI is InChI=1S/C62H109O11P/c1-4-7-10-13-16-19-22-25-27-28-29-30-32-35-38-41-44-47-50-53-62(66)73-59(55-69-60(64)51-48-45-42-39-36-34-31-26-23-20-17-14-11-8-5-2)57-71-74(67,68)70-56-58(54-63)72-61(65)52-49-46-43-40-37-33-24-21-18-15-12-9-6-3/h8,11,16-17,19-21,24-27,31,58-59,63H,4-7,9-10,12-15,18,22-23,28-30,32-57H2,1-3H3,(H,67,68)/b11-8-,19-16-,20-17-,24-21-,27-25-,31-26-. The van der Waals surface area contributed by atoms with E-state index in [1.54, 1.807) is 0 Å². The van der Waals surface area contributed by atoms with Crippen LogP contribution in [0.2, 0.25) is 0 Å². The molecule has 0 rings (SSSR count). The van der Waals surface area contributed by atoms with Crippen molar-refractivity contribution in [2.45, 2.75) is 277 Å². The molecule has 0 saturated heterocycles. The Balaban J connectivity index is 4.74. The average molecular weight is 1060 g/mol. The predicted molar refractivity (Wildman–Crippen MR) is 307 cm³/mol. The van der Waals surface area contributed by atoms with E-state index in [0.717, 1.165) is 122 Å². The summed E-state index contributed by atoms with van der Waals surface area (Å²) in [6.45, 7) is 4.48. The number of hydrogen-bond donors (Lipinski definition) is 2. The number of carbonyl (C=O) groups excluding carboxylic acids is 3. The number of hydrogen-bond acceptors (Lipinski definition) is 10. The molecule has 74 heavy (non-hydrogen) atoms. The highest BCUT2D eigenvalue weighted by molar-refractivity contribution is 7.47. The first-order valence-electron chi connectivity index (χ1n) is 29.8. The Morgan fingerprint density at radius 1 is 0.392 bits per heavy atom. The zero-order valence-electron chi connectivity index (χ0n) is 47.3. The van der Waals surface area contributed by atoms with Crippen LogP contribution in [0, 0.1) is 0 Å². The molecule has 428 valence electrons. The fourth-order valence-electron chi connectivity index (χ4n) is 8.04. The zero-order chi connectivity index (χ0) is 54.1. The van der Waals surface area contributed by atoms with Gasteiger partial charge in [-0.25, -0.2) is 4.57 Å². The zero-order valence-corrected chi connectivity index (χ0v) is 48.2. The molecule has 0 amide bonds. The second-order valence-electron chi connectivity index (χ2n) is 19.8. The highest BCUT2D eigenvalue weighted by Crippen LogP contribution is 2.43. The predicted octanol–water partition coefficient (Wildman–Crippen LogP) is 17.7. The van der Waals surface area contributed by atoms with E-state index < -0.39 is 57.8 Å². The molecule has 0 fully saturated rings. The highest BCUT2D eigenvalue weighted by Gasteiger charge is 2.28. The van der Waals surface area contributed by atoms with Gasteiger partial charge in [-0.05, 0) is 109 Å². The van der Waals surface area contributed by atoms with Crippen molar-refractivity contribution in [1.29, 1.82) is 0 Å². The molecule has 0 aliphatic carbocycles. The van der Waals surface area contributed by atoms with E-state index >= 15 is 0 Å². The first-order chi connectivity index (χ1) is 36.2. The lowest BCUT2D eigenvalue weighted by Gasteiger charge is -2.21. The molecule has 11 nitrogen and oxygen atoms in total. The van der Waals surface area contributed by atoms with Gasteiger partial charge in [0, 0.05) is 19.3 Å². The van der Waals surface area contributed by atoms with Crippen LogP contribution in [-0.2, 0) is 42.2 Å². The monoisotopic (exact) mass is 1060 g/mol. The first kappa shape index (κ1) is 70.9. The number of phosphoric acid groups is 1. The van der Waals surface area contributed by atoms with Gasteiger partial charge in [-0.2, -0.15) is 0 Å². The maximum atomic E-state index is 12.9. The minimum Gasteiger partial charge on any atom is -0.462 e. The van der Waals surface area contributed by atoms with Crippen LogP contribution in [-0.4, -0.2) is 66.5 Å². The highest BCUT2D eigenvalue weighted by atomic mass is 31.2. The Kier molecular flexibility index (Phi) is 53.8. The second kappa shape index (κ2) is 56.1. The number of aliphatic hydroxyl groups is 1. The number of aliphatic hydroxyl groups excluding tert-OH is 1. The number of rotatable bonds is 55. The molecule has 0 aromatic carbocycles. The van der Waals surface area contributed by atoms with Gasteiger partial charge in [0.1, 0.15) is 12.7 Å². The molecule has 0 aliphatic heterocycles. The van der Waals surface area contributed by atoms with E-state index in [1.165, 1.54) is 83.5 Å². The molecule has 2 N–H and O–H groups in total. The largest absolute Gasteiger partial charge is 0.472 e. The van der Waals surface area contributed by atoms with Crippen molar-refractivity contribution in [3.8, 4) is 0 Å². The molecule has 0 spiro atoms. The Morgan fingerprint density at radius 2 is 0.703 bits per heavy atom. The van der Waals surface area contributed by atoms with Crippen molar-refractivity contribution in [3.05, 3.63) is 72.9 Å². The van der Waals surface area contributed by atoms with Gasteiger partial charge in [-0.1, -0.05) is 209 Å². The van der Waals surface area contributed by atoms with Gasteiger partial charge in [0.15, 0.2) is 6.10 Å². The van der Waals surface area contributed by atoms with Crippen molar-refractivity contribution >= 4 is 25.7 Å². The van der Waals surface area contributed by atoms with Crippen molar-refractivity contribution in [2.24, 2.45) is 0 Å². The topological polar surface area (TPSA) is 155 Å². The van der Waals surface area contributed by atoms with Crippen molar-refractivity contribution < 1.29 is 52.2 Å². The average Bonchev–Trinajstić information content (AvgIpc) is 3.39. The Bertz CT molecular complexity index is 1520. The van der Waals surface area contributed by atoms with Crippen LogP contribution in [0.25, 0.3) is 0 Å². The van der Waals surface area contributed by atoms with Gasteiger partial charge in [0.2, 0.25) is 0 Å². The third-order valence-corrected chi connectivity index (χ3v) is 13.5. The van der Waals surface area contributed by atoms with Crippen molar-refractivity contribution in [3.63, 3.8) is 0 Å². The molecule has 0 heterocycles. The van der Waals surface area contributed by atoms with Crippen LogP contribution in [0.15, 0.2) is 72.9 Å². The number of allylic oxidation sites excluding steroid dienone is 12. The van der Waals surface area contributed by atoms with E-state index in [-0.39, 0.29) is 25.9 Å². The summed E-state index contributed by atoms with van der Waals surface area (Å²) in [5.41, 5.74) is 0. The lowest BCUT2D eigenvalue weighted by molar-refractivity contribution is -0.161. The minimum absolute atomic E-state index is 0.157. The second-order valence-corrected chi connectivity index (χ2v) is 21.2. The summed E-state index contributed by atoms with van der Waals surface area (Å²) in [6, 6.07) is 0. The van der Waals surface area contributed by atoms with Crippen LogP contribution in [0.5, 0.6) is 0 Å². The van der Waals surface area contributed by atoms with E-state index in [0.29, 0.717) is 19.3 Å². The summed E-state index contributed by atoms with van der Waals surface area (Å²) in [5, 5.41) is 9.81. The van der Waals surface area contributed by atoms with Gasteiger partial charge in [0.05, 0.1) is 19.8 Å². The normalized spacial score (nSPS) is 13.9. The van der Waals surface area contributed by atoms with E-state index in [2.05, 4.69) is 93.7 Å². The molecule has 0 aromatic heterocycles. The maximum absolute atomic E-state index is 12.9. The number of esters is 3. The van der Waals surface area contributed by atoms with Crippen LogP contribution in [0.1, 0.15) is 265 Å². The molecular weight excluding hydrogens is 952 g/mol. The lowest BCUT2D eigenvalue weighted by atomic mass is 10.1. The van der Waals surface area contributed by atoms with E-state index in [4.69, 9.17) is 23.3 Å². The summed E-state index contributed by atoms with van der Waals surface area (Å²) >= 11 is 0. The van der Waals surface area contributed by atoms with Gasteiger partial charge in [0.25, 0.3) is 0 Å². The molecule has 0 saturated carbocycles. The number of unbranched alkanes of at least 4 members (excludes halogenated alkanes) is 26. The fourth-order valence-corrected chi connectivity index (χ4v) is 8.83. The third kappa shape index (κ3) is 53.7. The van der Waals surface area contributed by atoms with Gasteiger partial charge in [-0.3, -0.25) is 23.4 Å². The summed E-state index contributed by atoms with van der Waals surface area (Å²) in [5.74, 6) is -1.49. The SMILES string of the molecule is CC/C=C\C/C=C\C/C=C\CCCCCCCC(=O)OCC(COP(=O)(O)OCC(CO)OC(=O)CCCCCCC/C=C\CCCCCC)OC(=O)CCCCCCCCCCC/C=C\C/C=C\CCCCC. The van der Waals surface area contributed by atoms with Crippen LogP contribution in [0.4, 0.5) is 0 Å². The van der Waals surface area contributed by atoms with Gasteiger partial charge < -0.3 is 24.2 Å². The number of ether oxygens (including phenoxy) is 3. The first-order valence-corrected chi connectivity index (χ1v) is 31.3. The Hall–Kier alpha value is -3.08. The van der Waals surface area contributed by atoms with Gasteiger partial charge >= 0.3 is 25.7 Å². The Morgan fingerprint density at radius 3 is 1.12 bits per heavy atom. The van der Waals surface area contributed by atoms with Gasteiger partial charge in [-0.15, -0.1) is 0 Å². The van der Waals surface area contributed by atoms with E-state index in [1.807, 2.05) is 0 Å². The summed E-state index contributed by atoms with van der Waals surface area (Å²) in [7, 11) is -4.76. The lowest BCUT2D eigenvalue weighted by Crippen LogP contribution is -2.30. The van der Waals surface area contributed by atoms with Crippen LogP contribution in [0.3, 0.4) is 0 Å². The molecule has 0 radical (unpaired) electrons. The van der Waals surface area contributed by atoms with Crippen molar-refractivity contribution in [2.75, 3.05) is 26.4 Å².